The molecule has 114 valence electrons. The monoisotopic (exact) mass is 297 g/mol. The molecule has 1 unspecified atom stereocenters. The Morgan fingerprint density at radius 1 is 1.33 bits per heavy atom. The fraction of sp³-hybridized carbons (Fsp3) is 0.467. The molecule has 1 amide bonds. The zero-order valence-corrected chi connectivity index (χ0v) is 11.5. The Balaban J connectivity index is 1.97. The Bertz CT molecular complexity index is 548. The molecule has 1 N–H and O–H groups in total. The van der Waals surface area contributed by atoms with Gasteiger partial charge in [0.1, 0.15) is 11.6 Å². The third-order valence-corrected chi connectivity index (χ3v) is 3.69. The first kappa shape index (κ1) is 15.4. The maximum Gasteiger partial charge on any atom is 0.303 e. The number of carbonyl (C=O) groups excluding carboxylic acids is 1. The van der Waals surface area contributed by atoms with Crippen molar-refractivity contribution in [3.05, 3.63) is 35.4 Å². The van der Waals surface area contributed by atoms with Crippen LogP contribution in [-0.4, -0.2) is 35.0 Å². The van der Waals surface area contributed by atoms with Crippen molar-refractivity contribution in [2.45, 2.75) is 25.7 Å². The third-order valence-electron chi connectivity index (χ3n) is 3.69. The summed E-state index contributed by atoms with van der Waals surface area (Å²) in [6.07, 6.45) is 1.43. The number of halogens is 2. The number of hydrogen-bond acceptors (Lipinski definition) is 2. The van der Waals surface area contributed by atoms with Crippen LogP contribution in [-0.2, 0) is 16.0 Å². The minimum Gasteiger partial charge on any atom is -0.481 e. The van der Waals surface area contributed by atoms with Crippen molar-refractivity contribution >= 4 is 11.9 Å². The lowest BCUT2D eigenvalue weighted by Crippen LogP contribution is -2.41. The van der Waals surface area contributed by atoms with Gasteiger partial charge in [-0.15, -0.1) is 0 Å². The second-order valence-electron chi connectivity index (χ2n) is 5.36. The predicted octanol–water partition coefficient (Wildman–Crippen LogP) is 2.22. The van der Waals surface area contributed by atoms with Crippen LogP contribution in [0.1, 0.15) is 24.8 Å². The molecule has 1 aliphatic heterocycles. The Morgan fingerprint density at radius 2 is 2.10 bits per heavy atom. The molecule has 0 aliphatic carbocycles. The number of rotatable bonds is 4. The van der Waals surface area contributed by atoms with Crippen LogP contribution in [0.15, 0.2) is 18.2 Å². The molecular formula is C15H17F2NO3. The number of hydrogen-bond donors (Lipinski definition) is 1. The lowest BCUT2D eigenvalue weighted by atomic mass is 9.94. The molecule has 21 heavy (non-hydrogen) atoms. The fourth-order valence-electron chi connectivity index (χ4n) is 2.64. The van der Waals surface area contributed by atoms with Crippen molar-refractivity contribution in [3.8, 4) is 0 Å². The second kappa shape index (κ2) is 6.65. The smallest absolute Gasteiger partial charge is 0.303 e. The molecule has 6 heteroatoms. The number of nitrogens with zero attached hydrogens (tertiary/aromatic N) is 1. The largest absolute Gasteiger partial charge is 0.481 e. The maximum absolute atomic E-state index is 13.5. The second-order valence-corrected chi connectivity index (χ2v) is 5.36. The summed E-state index contributed by atoms with van der Waals surface area (Å²) in [6, 6.07) is 3.14. The van der Waals surface area contributed by atoms with Crippen molar-refractivity contribution in [1.29, 1.82) is 0 Å². The van der Waals surface area contributed by atoms with Gasteiger partial charge in [-0.2, -0.15) is 0 Å². The van der Waals surface area contributed by atoms with E-state index in [0.29, 0.717) is 13.1 Å². The summed E-state index contributed by atoms with van der Waals surface area (Å²) in [5, 5.41) is 8.80. The predicted molar refractivity (Wildman–Crippen MR) is 71.6 cm³/mol. The number of aliphatic carboxylic acids is 1. The minimum absolute atomic E-state index is 0.0364. The first-order valence-electron chi connectivity index (χ1n) is 6.89. The summed E-state index contributed by atoms with van der Waals surface area (Å²) in [6.45, 7) is 0.936. The summed E-state index contributed by atoms with van der Waals surface area (Å²) < 4.78 is 26.4. The van der Waals surface area contributed by atoms with Gasteiger partial charge in [0.2, 0.25) is 5.91 Å². The quantitative estimate of drug-likeness (QED) is 0.927. The first-order chi connectivity index (χ1) is 9.95. The van der Waals surface area contributed by atoms with E-state index < -0.39 is 17.6 Å². The molecule has 1 fully saturated rings. The van der Waals surface area contributed by atoms with Gasteiger partial charge in [0.05, 0.1) is 6.42 Å². The molecule has 1 atom stereocenters. The van der Waals surface area contributed by atoms with Crippen LogP contribution in [0.25, 0.3) is 0 Å². The van der Waals surface area contributed by atoms with E-state index >= 15 is 0 Å². The van der Waals surface area contributed by atoms with E-state index in [1.54, 1.807) is 4.90 Å². The maximum atomic E-state index is 13.5. The van der Waals surface area contributed by atoms with Gasteiger partial charge >= 0.3 is 5.97 Å². The average molecular weight is 297 g/mol. The summed E-state index contributed by atoms with van der Waals surface area (Å²) in [7, 11) is 0. The number of piperidine rings is 1. The van der Waals surface area contributed by atoms with Crippen LogP contribution in [0.5, 0.6) is 0 Å². The highest BCUT2D eigenvalue weighted by molar-refractivity contribution is 5.79. The molecule has 0 aromatic heterocycles. The Kier molecular flexibility index (Phi) is 4.88. The molecule has 1 heterocycles. The third kappa shape index (κ3) is 4.24. The lowest BCUT2D eigenvalue weighted by Gasteiger charge is -2.32. The van der Waals surface area contributed by atoms with Gasteiger partial charge in [0, 0.05) is 25.6 Å². The highest BCUT2D eigenvalue weighted by Gasteiger charge is 2.25. The van der Waals surface area contributed by atoms with Crippen LogP contribution in [0.3, 0.4) is 0 Å². The lowest BCUT2D eigenvalue weighted by molar-refractivity contribution is -0.140. The standard InChI is InChI=1S/C15H17F2NO3/c16-12-4-3-11(13(17)8-12)7-14(19)18-5-1-2-10(9-18)6-15(20)21/h3-4,8,10H,1-2,5-7,9H2,(H,20,21). The van der Waals surface area contributed by atoms with Crippen LogP contribution in [0, 0.1) is 17.6 Å². The van der Waals surface area contributed by atoms with Gasteiger partial charge < -0.3 is 10.0 Å². The van der Waals surface area contributed by atoms with Gasteiger partial charge in [-0.1, -0.05) is 6.07 Å². The normalized spacial score (nSPS) is 18.6. The summed E-state index contributed by atoms with van der Waals surface area (Å²) in [5.41, 5.74) is 0.154. The van der Waals surface area contributed by atoms with Crippen LogP contribution in [0.4, 0.5) is 8.78 Å². The van der Waals surface area contributed by atoms with Gasteiger partial charge in [-0.05, 0) is 30.4 Å². The zero-order chi connectivity index (χ0) is 15.4. The number of carboxylic acid groups (broad SMARTS) is 1. The minimum atomic E-state index is -0.876. The first-order valence-corrected chi connectivity index (χ1v) is 6.89. The fourth-order valence-corrected chi connectivity index (χ4v) is 2.64. The molecule has 1 aromatic carbocycles. The van der Waals surface area contributed by atoms with Crippen LogP contribution < -0.4 is 0 Å². The number of likely N-dealkylation sites (tertiary alicyclic amines) is 1. The van der Waals surface area contributed by atoms with E-state index in [1.165, 1.54) is 6.07 Å². The highest BCUT2D eigenvalue weighted by Crippen LogP contribution is 2.21. The highest BCUT2D eigenvalue weighted by atomic mass is 19.1. The van der Waals surface area contributed by atoms with E-state index in [1.807, 2.05) is 0 Å². The molecule has 0 radical (unpaired) electrons. The Hall–Kier alpha value is -1.98. The molecule has 1 aliphatic rings. The van der Waals surface area contributed by atoms with Gasteiger partial charge in [0.15, 0.2) is 0 Å². The Morgan fingerprint density at radius 3 is 2.76 bits per heavy atom. The molecule has 0 bridgehead atoms. The van der Waals surface area contributed by atoms with Crippen molar-refractivity contribution < 1.29 is 23.5 Å². The average Bonchev–Trinajstić information content (AvgIpc) is 2.41. The summed E-state index contributed by atoms with van der Waals surface area (Å²) in [4.78, 5) is 24.4. The van der Waals surface area contributed by atoms with Crippen molar-refractivity contribution in [2.75, 3.05) is 13.1 Å². The summed E-state index contributed by atoms with van der Waals surface area (Å²) in [5.74, 6) is -2.60. The van der Waals surface area contributed by atoms with Gasteiger partial charge in [-0.3, -0.25) is 9.59 Å². The molecule has 4 nitrogen and oxygen atoms in total. The zero-order valence-electron chi connectivity index (χ0n) is 11.5. The van der Waals surface area contributed by atoms with Crippen LogP contribution >= 0.6 is 0 Å². The molecule has 0 spiro atoms. The SMILES string of the molecule is O=C(O)CC1CCCN(C(=O)Cc2ccc(F)cc2F)C1. The van der Waals surface area contributed by atoms with E-state index in [0.717, 1.165) is 25.0 Å². The molecule has 2 rings (SSSR count). The number of benzene rings is 1. The molecule has 0 saturated carbocycles. The van der Waals surface area contributed by atoms with E-state index in [-0.39, 0.29) is 30.2 Å². The molecular weight excluding hydrogens is 280 g/mol. The number of carboxylic acids is 1. The molecule has 1 saturated heterocycles. The van der Waals surface area contributed by atoms with Crippen molar-refractivity contribution in [3.63, 3.8) is 0 Å². The van der Waals surface area contributed by atoms with Gasteiger partial charge in [-0.25, -0.2) is 8.78 Å². The van der Waals surface area contributed by atoms with E-state index in [2.05, 4.69) is 0 Å². The number of amides is 1. The molecule has 1 aromatic rings. The number of carbonyl (C=O) groups is 2. The van der Waals surface area contributed by atoms with E-state index in [4.69, 9.17) is 5.11 Å². The van der Waals surface area contributed by atoms with Crippen molar-refractivity contribution in [1.82, 2.24) is 4.90 Å². The van der Waals surface area contributed by atoms with Crippen molar-refractivity contribution in [2.24, 2.45) is 5.92 Å². The van der Waals surface area contributed by atoms with E-state index in [9.17, 15) is 18.4 Å². The van der Waals surface area contributed by atoms with Crippen LogP contribution in [0.2, 0.25) is 0 Å². The topological polar surface area (TPSA) is 57.6 Å². The Labute approximate surface area is 121 Å². The van der Waals surface area contributed by atoms with Gasteiger partial charge in [0.25, 0.3) is 0 Å². The summed E-state index contributed by atoms with van der Waals surface area (Å²) >= 11 is 0.